The van der Waals surface area contributed by atoms with Gasteiger partial charge >= 0.3 is 0 Å². The van der Waals surface area contributed by atoms with E-state index in [0.717, 1.165) is 11.3 Å². The van der Waals surface area contributed by atoms with Gasteiger partial charge in [-0.2, -0.15) is 4.31 Å². The zero-order valence-electron chi connectivity index (χ0n) is 18.6. The van der Waals surface area contributed by atoms with Gasteiger partial charge in [-0.1, -0.05) is 30.3 Å². The average Bonchev–Trinajstić information content (AvgIpc) is 2.77. The van der Waals surface area contributed by atoms with Crippen molar-refractivity contribution < 1.29 is 27.8 Å². The zero-order chi connectivity index (χ0) is 23.4. The van der Waals surface area contributed by atoms with Crippen molar-refractivity contribution in [2.24, 2.45) is 0 Å². The third-order valence-electron chi connectivity index (χ3n) is 6.00. The van der Waals surface area contributed by atoms with Crippen LogP contribution >= 0.6 is 0 Å². The molecule has 4 atom stereocenters. The molecule has 2 fully saturated rings. The van der Waals surface area contributed by atoms with Crippen molar-refractivity contribution >= 4 is 21.6 Å². The Hall–Kier alpha value is -2.30. The van der Waals surface area contributed by atoms with E-state index in [9.17, 15) is 18.3 Å². The van der Waals surface area contributed by atoms with Gasteiger partial charge in [0.1, 0.15) is 0 Å². The van der Waals surface area contributed by atoms with E-state index >= 15 is 0 Å². The summed E-state index contributed by atoms with van der Waals surface area (Å²) in [6.07, 6.45) is -0.591. The second-order valence-electron chi connectivity index (χ2n) is 8.64. The molecule has 2 aliphatic rings. The molecule has 0 saturated carbocycles. The van der Waals surface area contributed by atoms with E-state index in [1.807, 2.05) is 43.3 Å². The maximum atomic E-state index is 13.5. The summed E-state index contributed by atoms with van der Waals surface area (Å²) in [5.74, 6) is -0.156. The molecule has 178 valence electrons. The maximum Gasteiger partial charge on any atom is 0.243 e. The number of sulfonamides is 1. The molecule has 2 N–H and O–H groups in total. The molecule has 4 rings (SSSR count). The first-order valence-electron chi connectivity index (χ1n) is 11.2. The average molecular weight is 475 g/mol. The first kappa shape index (κ1) is 23.8. The number of ether oxygens (including phenoxy) is 2. The van der Waals surface area contributed by atoms with Crippen LogP contribution in [-0.4, -0.2) is 67.8 Å². The number of hydrogen-bond donors (Lipinski definition) is 2. The smallest absolute Gasteiger partial charge is 0.243 e. The highest BCUT2D eigenvalue weighted by molar-refractivity contribution is 7.89. The van der Waals surface area contributed by atoms with Crippen molar-refractivity contribution in [3.05, 3.63) is 60.2 Å². The van der Waals surface area contributed by atoms with Crippen molar-refractivity contribution in [3.8, 4) is 0 Å². The Bertz CT molecular complexity index is 1060. The molecular formula is C24H30N2O6S. The fourth-order valence-electron chi connectivity index (χ4n) is 4.42. The van der Waals surface area contributed by atoms with Crippen LogP contribution in [0.4, 0.5) is 5.69 Å². The highest BCUT2D eigenvalue weighted by Crippen LogP contribution is 2.31. The molecule has 0 bridgehead atoms. The van der Waals surface area contributed by atoms with E-state index in [-0.39, 0.29) is 43.1 Å². The molecular weight excluding hydrogens is 444 g/mol. The van der Waals surface area contributed by atoms with Gasteiger partial charge in [-0.15, -0.1) is 0 Å². The van der Waals surface area contributed by atoms with Crippen LogP contribution in [0.5, 0.6) is 0 Å². The van der Waals surface area contributed by atoms with Crippen LogP contribution in [0.2, 0.25) is 0 Å². The Morgan fingerprint density at radius 2 is 1.91 bits per heavy atom. The fraction of sp³-hybridized carbons (Fsp3) is 0.458. The van der Waals surface area contributed by atoms with Gasteiger partial charge in [0.05, 0.1) is 48.9 Å². The summed E-state index contributed by atoms with van der Waals surface area (Å²) in [7, 11) is -3.85. The number of aliphatic hydroxyl groups excluding tert-OH is 1. The van der Waals surface area contributed by atoms with Gasteiger partial charge in [0, 0.05) is 12.2 Å². The van der Waals surface area contributed by atoms with Gasteiger partial charge in [-0.05, 0) is 49.6 Å². The monoisotopic (exact) mass is 474 g/mol. The number of carbonyl (C=O) groups is 1. The molecule has 2 saturated heterocycles. The molecule has 0 aromatic heterocycles. The van der Waals surface area contributed by atoms with Gasteiger partial charge in [-0.25, -0.2) is 8.42 Å². The number of β-amino-alcohol motifs (C(OH)–C–C–N with tert-alkyl or cyclic N) is 1. The molecule has 0 unspecified atom stereocenters. The number of benzene rings is 2. The minimum Gasteiger partial charge on any atom is -0.389 e. The first-order chi connectivity index (χ1) is 15.8. The summed E-state index contributed by atoms with van der Waals surface area (Å²) < 4.78 is 40.2. The van der Waals surface area contributed by atoms with E-state index in [2.05, 4.69) is 5.32 Å². The summed E-state index contributed by atoms with van der Waals surface area (Å²) in [6.45, 7) is 1.94. The first-order valence-corrected chi connectivity index (χ1v) is 12.6. The van der Waals surface area contributed by atoms with Gasteiger partial charge in [0.2, 0.25) is 15.9 Å². The number of rotatable bonds is 5. The van der Waals surface area contributed by atoms with Gasteiger partial charge in [0.15, 0.2) is 0 Å². The maximum absolute atomic E-state index is 13.5. The predicted octanol–water partition coefficient (Wildman–Crippen LogP) is 2.32. The Labute approximate surface area is 194 Å². The number of aliphatic hydroxyl groups is 1. The van der Waals surface area contributed by atoms with Crippen LogP contribution in [0.25, 0.3) is 0 Å². The van der Waals surface area contributed by atoms with Crippen molar-refractivity contribution in [1.82, 2.24) is 4.31 Å². The van der Waals surface area contributed by atoms with E-state index in [1.165, 1.54) is 4.31 Å². The standard InChI is InChI=1S/C24H30N2O6S/c1-17-6-5-9-21(12-17)33(29,30)26-14-19(27)15-31-16-23-22(26)11-10-20(32-23)13-24(28)25-18-7-3-2-4-8-18/h2-9,12,19-20,22-23,27H,10-11,13-16H2,1H3,(H,25,28)/t19-,20-,22-,23+/m1/s1. The molecule has 2 aromatic rings. The van der Waals surface area contributed by atoms with Crippen LogP contribution in [0, 0.1) is 6.92 Å². The van der Waals surface area contributed by atoms with Crippen molar-refractivity contribution in [2.75, 3.05) is 25.1 Å². The number of fused-ring (bicyclic) bond motifs is 1. The Kier molecular flexibility index (Phi) is 7.45. The minimum absolute atomic E-state index is 0.0194. The number of carbonyl (C=O) groups excluding carboxylic acids is 1. The predicted molar refractivity (Wildman–Crippen MR) is 123 cm³/mol. The second kappa shape index (κ2) is 10.3. The van der Waals surface area contributed by atoms with E-state index in [4.69, 9.17) is 9.47 Å². The van der Waals surface area contributed by atoms with Crippen LogP contribution in [0.15, 0.2) is 59.5 Å². The van der Waals surface area contributed by atoms with Gasteiger partial charge in [-0.3, -0.25) is 4.79 Å². The van der Waals surface area contributed by atoms with E-state index < -0.39 is 28.3 Å². The molecule has 2 aliphatic heterocycles. The second-order valence-corrected chi connectivity index (χ2v) is 10.5. The molecule has 33 heavy (non-hydrogen) atoms. The van der Waals surface area contributed by atoms with Crippen LogP contribution in [0.3, 0.4) is 0 Å². The van der Waals surface area contributed by atoms with E-state index in [1.54, 1.807) is 18.2 Å². The molecule has 1 amide bonds. The Morgan fingerprint density at radius 3 is 2.67 bits per heavy atom. The van der Waals surface area contributed by atoms with Crippen LogP contribution in [0.1, 0.15) is 24.8 Å². The summed E-state index contributed by atoms with van der Waals surface area (Å²) in [6, 6.07) is 15.5. The largest absolute Gasteiger partial charge is 0.389 e. The van der Waals surface area contributed by atoms with Crippen LogP contribution < -0.4 is 5.32 Å². The quantitative estimate of drug-likeness (QED) is 0.689. The third kappa shape index (κ3) is 5.80. The van der Waals surface area contributed by atoms with E-state index in [0.29, 0.717) is 12.8 Å². The molecule has 2 heterocycles. The highest BCUT2D eigenvalue weighted by atomic mass is 32.2. The topological polar surface area (TPSA) is 105 Å². The zero-order valence-corrected chi connectivity index (χ0v) is 19.4. The Balaban J connectivity index is 1.49. The number of amides is 1. The molecule has 0 spiro atoms. The number of nitrogens with one attached hydrogen (secondary N) is 1. The summed E-state index contributed by atoms with van der Waals surface area (Å²) in [5, 5.41) is 13.2. The lowest BCUT2D eigenvalue weighted by molar-refractivity contribution is -0.144. The Morgan fingerprint density at radius 1 is 1.12 bits per heavy atom. The van der Waals surface area contributed by atoms with Crippen molar-refractivity contribution in [3.63, 3.8) is 0 Å². The SMILES string of the molecule is Cc1cccc(S(=O)(=O)N2C[C@@H](O)COC[C@@H]3O[C@@H](CC(=O)Nc4ccccc4)CC[C@H]32)c1. The number of nitrogens with zero attached hydrogens (tertiary/aromatic N) is 1. The van der Waals surface area contributed by atoms with Crippen molar-refractivity contribution in [2.45, 2.75) is 55.4 Å². The summed E-state index contributed by atoms with van der Waals surface area (Å²) >= 11 is 0. The molecule has 2 aromatic carbocycles. The minimum atomic E-state index is -3.85. The van der Waals surface area contributed by atoms with Gasteiger partial charge in [0.25, 0.3) is 0 Å². The molecule has 8 nitrogen and oxygen atoms in total. The van der Waals surface area contributed by atoms with Crippen molar-refractivity contribution in [1.29, 1.82) is 0 Å². The number of hydrogen-bond acceptors (Lipinski definition) is 6. The summed E-state index contributed by atoms with van der Waals surface area (Å²) in [5.41, 5.74) is 1.56. The lowest BCUT2D eigenvalue weighted by Gasteiger charge is -2.43. The molecule has 0 radical (unpaired) electrons. The lowest BCUT2D eigenvalue weighted by Crippen LogP contribution is -2.57. The third-order valence-corrected chi connectivity index (χ3v) is 7.89. The number of aryl methyl sites for hydroxylation is 1. The number of para-hydroxylation sites is 1. The summed E-state index contributed by atoms with van der Waals surface area (Å²) in [4.78, 5) is 12.7. The molecule has 0 aliphatic carbocycles. The van der Waals surface area contributed by atoms with Gasteiger partial charge < -0.3 is 19.9 Å². The highest BCUT2D eigenvalue weighted by Gasteiger charge is 2.43. The number of anilines is 1. The normalized spacial score (nSPS) is 26.6. The lowest BCUT2D eigenvalue weighted by atomic mass is 9.96. The fourth-order valence-corrected chi connectivity index (χ4v) is 6.24. The van der Waals surface area contributed by atoms with Crippen LogP contribution in [-0.2, 0) is 24.3 Å². The molecule has 9 heteroatoms.